The molecule has 1 aliphatic rings. The Morgan fingerprint density at radius 3 is 2.52 bits per heavy atom. The Labute approximate surface area is 132 Å². The Kier molecular flexibility index (Phi) is 4.88. The van der Waals surface area contributed by atoms with E-state index < -0.39 is 11.9 Å². The van der Waals surface area contributed by atoms with Crippen LogP contribution in [0.2, 0.25) is 0 Å². The Balaban J connectivity index is 2.10. The number of halogens is 1. The fourth-order valence-corrected chi connectivity index (χ4v) is 3.04. The molecule has 1 aliphatic carbocycles. The lowest BCUT2D eigenvalue weighted by Crippen LogP contribution is -2.23. The number of anilines is 2. The van der Waals surface area contributed by atoms with Crippen LogP contribution < -0.4 is 10.2 Å². The zero-order valence-corrected chi connectivity index (χ0v) is 13.7. The Hall–Kier alpha value is -1.56. The van der Waals surface area contributed by atoms with Gasteiger partial charge in [0.1, 0.15) is 0 Å². The highest BCUT2D eigenvalue weighted by molar-refractivity contribution is 9.10. The van der Waals surface area contributed by atoms with E-state index in [0.717, 1.165) is 15.8 Å². The Bertz CT molecular complexity index is 560. The molecular formula is C15H19BrN2O3. The number of benzene rings is 1. The highest BCUT2D eigenvalue weighted by Gasteiger charge is 2.34. The number of hydrogen-bond acceptors (Lipinski definition) is 3. The topological polar surface area (TPSA) is 69.6 Å². The average molecular weight is 355 g/mol. The van der Waals surface area contributed by atoms with Gasteiger partial charge in [-0.2, -0.15) is 0 Å². The number of carbonyl (C=O) groups excluding carboxylic acids is 1. The molecule has 0 aliphatic heterocycles. The second-order valence-electron chi connectivity index (χ2n) is 5.59. The lowest BCUT2D eigenvalue weighted by molar-refractivity contribution is -0.141. The number of hydrogen-bond donors (Lipinski definition) is 2. The molecule has 0 heterocycles. The summed E-state index contributed by atoms with van der Waals surface area (Å²) in [5, 5.41) is 11.9. The van der Waals surface area contributed by atoms with Crippen LogP contribution in [0.15, 0.2) is 22.7 Å². The van der Waals surface area contributed by atoms with E-state index >= 15 is 0 Å². The van der Waals surface area contributed by atoms with Gasteiger partial charge in [0.15, 0.2) is 0 Å². The van der Waals surface area contributed by atoms with E-state index in [1.807, 2.05) is 37.2 Å². The quantitative estimate of drug-likeness (QED) is 0.871. The number of nitrogens with one attached hydrogen (secondary N) is 1. The summed E-state index contributed by atoms with van der Waals surface area (Å²) in [5.41, 5.74) is 1.65. The SMILES string of the molecule is CN(C)c1ccc(Br)cc1NC(=O)[C@@H]1CC[C@H](C(=O)O)C1. The van der Waals surface area contributed by atoms with Crippen molar-refractivity contribution in [3.05, 3.63) is 22.7 Å². The van der Waals surface area contributed by atoms with Gasteiger partial charge in [0.2, 0.25) is 5.91 Å². The first kappa shape index (κ1) is 15.8. The smallest absolute Gasteiger partial charge is 0.306 e. The largest absolute Gasteiger partial charge is 0.481 e. The van der Waals surface area contributed by atoms with Crippen LogP contribution in [0, 0.1) is 11.8 Å². The molecule has 1 amide bonds. The van der Waals surface area contributed by atoms with Crippen LogP contribution in [0.4, 0.5) is 11.4 Å². The summed E-state index contributed by atoms with van der Waals surface area (Å²) in [6.45, 7) is 0. The van der Waals surface area contributed by atoms with Crippen LogP contribution in [0.3, 0.4) is 0 Å². The maximum Gasteiger partial charge on any atom is 0.306 e. The van der Waals surface area contributed by atoms with Gasteiger partial charge >= 0.3 is 5.97 Å². The first-order valence-electron chi connectivity index (χ1n) is 6.89. The van der Waals surface area contributed by atoms with Gasteiger partial charge in [0, 0.05) is 24.5 Å². The number of rotatable bonds is 4. The first-order chi connectivity index (χ1) is 9.88. The van der Waals surface area contributed by atoms with Crippen molar-refractivity contribution in [3.63, 3.8) is 0 Å². The van der Waals surface area contributed by atoms with Gasteiger partial charge in [-0.05, 0) is 37.5 Å². The summed E-state index contributed by atoms with van der Waals surface area (Å²) in [4.78, 5) is 25.2. The van der Waals surface area contributed by atoms with E-state index in [4.69, 9.17) is 5.11 Å². The van der Waals surface area contributed by atoms with Crippen LogP contribution in [0.1, 0.15) is 19.3 Å². The van der Waals surface area contributed by atoms with E-state index in [9.17, 15) is 9.59 Å². The maximum absolute atomic E-state index is 12.3. The van der Waals surface area contributed by atoms with E-state index in [-0.39, 0.29) is 11.8 Å². The Morgan fingerprint density at radius 2 is 1.95 bits per heavy atom. The molecular weight excluding hydrogens is 336 g/mol. The number of nitrogens with zero attached hydrogens (tertiary/aromatic N) is 1. The van der Waals surface area contributed by atoms with Crippen molar-refractivity contribution in [3.8, 4) is 0 Å². The molecule has 0 unspecified atom stereocenters. The molecule has 0 bridgehead atoms. The number of aliphatic carboxylic acids is 1. The van der Waals surface area contributed by atoms with E-state index in [0.29, 0.717) is 19.3 Å². The molecule has 1 fully saturated rings. The van der Waals surface area contributed by atoms with E-state index in [1.54, 1.807) is 0 Å². The van der Waals surface area contributed by atoms with Gasteiger partial charge in [-0.25, -0.2) is 0 Å². The predicted octanol–water partition coefficient (Wildman–Crippen LogP) is 2.95. The average Bonchev–Trinajstić information content (AvgIpc) is 2.88. The fourth-order valence-electron chi connectivity index (χ4n) is 2.68. The number of carboxylic acids is 1. The highest BCUT2D eigenvalue weighted by Crippen LogP contribution is 2.34. The molecule has 0 aromatic heterocycles. The van der Waals surface area contributed by atoms with Crippen LogP contribution in [0.5, 0.6) is 0 Å². The minimum atomic E-state index is -0.804. The molecule has 114 valence electrons. The van der Waals surface area contributed by atoms with Crippen molar-refractivity contribution in [2.75, 3.05) is 24.3 Å². The van der Waals surface area contributed by atoms with Gasteiger partial charge in [-0.3, -0.25) is 9.59 Å². The second-order valence-corrected chi connectivity index (χ2v) is 6.51. The van der Waals surface area contributed by atoms with Crippen molar-refractivity contribution in [2.24, 2.45) is 11.8 Å². The summed E-state index contributed by atoms with van der Waals surface area (Å²) < 4.78 is 0.887. The minimum Gasteiger partial charge on any atom is -0.481 e. The molecule has 2 rings (SSSR count). The molecule has 2 atom stereocenters. The van der Waals surface area contributed by atoms with Crippen molar-refractivity contribution in [2.45, 2.75) is 19.3 Å². The third kappa shape index (κ3) is 3.75. The van der Waals surface area contributed by atoms with Gasteiger partial charge < -0.3 is 15.3 Å². The first-order valence-corrected chi connectivity index (χ1v) is 7.68. The van der Waals surface area contributed by atoms with Gasteiger partial charge in [-0.15, -0.1) is 0 Å². The lowest BCUT2D eigenvalue weighted by atomic mass is 10.0. The monoisotopic (exact) mass is 354 g/mol. The standard InChI is InChI=1S/C15H19BrN2O3/c1-18(2)13-6-5-11(16)8-12(13)17-14(19)9-3-4-10(7-9)15(20)21/h5-6,8-10H,3-4,7H2,1-2H3,(H,17,19)(H,20,21)/t9-,10+/m1/s1. The fraction of sp³-hybridized carbons (Fsp3) is 0.467. The van der Waals surface area contributed by atoms with Crippen LogP contribution in [-0.2, 0) is 9.59 Å². The summed E-state index contributed by atoms with van der Waals surface area (Å²) >= 11 is 3.40. The molecule has 1 saturated carbocycles. The van der Waals surface area contributed by atoms with Gasteiger partial charge in [0.05, 0.1) is 17.3 Å². The number of carboxylic acid groups (broad SMARTS) is 1. The van der Waals surface area contributed by atoms with Crippen LogP contribution in [-0.4, -0.2) is 31.1 Å². The number of amides is 1. The molecule has 0 spiro atoms. The number of carbonyl (C=O) groups is 2. The van der Waals surface area contributed by atoms with E-state index in [1.165, 1.54) is 0 Å². The predicted molar refractivity (Wildman–Crippen MR) is 85.6 cm³/mol. The van der Waals surface area contributed by atoms with Crippen molar-refractivity contribution < 1.29 is 14.7 Å². The third-order valence-electron chi connectivity index (χ3n) is 3.85. The third-order valence-corrected chi connectivity index (χ3v) is 4.34. The maximum atomic E-state index is 12.3. The zero-order valence-electron chi connectivity index (χ0n) is 12.1. The summed E-state index contributed by atoms with van der Waals surface area (Å²) in [5.74, 6) is -1.52. The summed E-state index contributed by atoms with van der Waals surface area (Å²) in [6, 6.07) is 5.70. The van der Waals surface area contributed by atoms with Crippen molar-refractivity contribution in [1.29, 1.82) is 0 Å². The molecule has 2 N–H and O–H groups in total. The minimum absolute atomic E-state index is 0.0973. The van der Waals surface area contributed by atoms with Gasteiger partial charge in [-0.1, -0.05) is 15.9 Å². The summed E-state index contributed by atoms with van der Waals surface area (Å²) in [6.07, 6.45) is 1.63. The van der Waals surface area contributed by atoms with Crippen molar-refractivity contribution in [1.82, 2.24) is 0 Å². The molecule has 0 saturated heterocycles. The molecule has 0 radical (unpaired) electrons. The lowest BCUT2D eigenvalue weighted by Gasteiger charge is -2.19. The molecule has 6 heteroatoms. The molecule has 1 aromatic carbocycles. The van der Waals surface area contributed by atoms with Crippen molar-refractivity contribution >= 4 is 39.2 Å². The van der Waals surface area contributed by atoms with Gasteiger partial charge in [0.25, 0.3) is 0 Å². The molecule has 21 heavy (non-hydrogen) atoms. The van der Waals surface area contributed by atoms with E-state index in [2.05, 4.69) is 21.2 Å². The summed E-state index contributed by atoms with van der Waals surface area (Å²) in [7, 11) is 3.82. The molecule has 1 aromatic rings. The zero-order chi connectivity index (χ0) is 15.6. The van der Waals surface area contributed by atoms with Crippen LogP contribution in [0.25, 0.3) is 0 Å². The van der Waals surface area contributed by atoms with Crippen LogP contribution >= 0.6 is 15.9 Å². The normalized spacial score (nSPS) is 21.1. The Morgan fingerprint density at radius 1 is 1.29 bits per heavy atom. The highest BCUT2D eigenvalue weighted by atomic mass is 79.9. The molecule has 5 nitrogen and oxygen atoms in total. The second kappa shape index (κ2) is 6.47.